The van der Waals surface area contributed by atoms with Gasteiger partial charge < -0.3 is 19.1 Å². The highest BCUT2D eigenvalue weighted by Crippen LogP contribution is 2.31. The summed E-state index contributed by atoms with van der Waals surface area (Å²) < 4.78 is 15.9. The van der Waals surface area contributed by atoms with Crippen molar-refractivity contribution in [2.75, 3.05) is 26.9 Å². The lowest BCUT2D eigenvalue weighted by Crippen LogP contribution is -2.48. The van der Waals surface area contributed by atoms with Crippen LogP contribution in [0.2, 0.25) is 0 Å². The molecule has 2 heterocycles. The first kappa shape index (κ1) is 16.6. The molecule has 24 heavy (non-hydrogen) atoms. The average Bonchev–Trinajstić information content (AvgIpc) is 2.61. The van der Waals surface area contributed by atoms with Gasteiger partial charge in [-0.3, -0.25) is 9.59 Å². The Labute approximate surface area is 141 Å². The topological polar surface area (TPSA) is 65.1 Å². The smallest absolute Gasteiger partial charge is 0.310 e. The molecule has 0 N–H and O–H groups in total. The lowest BCUT2D eigenvalue weighted by molar-refractivity contribution is -0.150. The van der Waals surface area contributed by atoms with Crippen molar-refractivity contribution in [1.29, 1.82) is 0 Å². The van der Waals surface area contributed by atoms with Crippen molar-refractivity contribution in [3.63, 3.8) is 0 Å². The highest BCUT2D eigenvalue weighted by Gasteiger charge is 2.33. The Morgan fingerprint density at radius 2 is 1.96 bits per heavy atom. The molecule has 0 radical (unpaired) electrons. The van der Waals surface area contributed by atoms with Gasteiger partial charge in [0.15, 0.2) is 11.5 Å². The van der Waals surface area contributed by atoms with Crippen molar-refractivity contribution in [3.8, 4) is 11.5 Å². The number of esters is 1. The second-order valence-corrected chi connectivity index (χ2v) is 6.35. The van der Waals surface area contributed by atoms with E-state index >= 15 is 0 Å². The predicted molar refractivity (Wildman–Crippen MR) is 87.1 cm³/mol. The van der Waals surface area contributed by atoms with Gasteiger partial charge in [0.05, 0.1) is 19.4 Å². The van der Waals surface area contributed by atoms with Crippen LogP contribution in [0.1, 0.15) is 25.3 Å². The van der Waals surface area contributed by atoms with E-state index in [0.717, 1.165) is 24.2 Å². The van der Waals surface area contributed by atoms with Crippen molar-refractivity contribution >= 4 is 11.9 Å². The fourth-order valence-corrected chi connectivity index (χ4v) is 3.29. The van der Waals surface area contributed by atoms with Crippen LogP contribution in [0.5, 0.6) is 11.5 Å². The lowest BCUT2D eigenvalue weighted by Gasteiger charge is -2.37. The van der Waals surface area contributed by atoms with Crippen molar-refractivity contribution in [2.45, 2.75) is 32.2 Å². The maximum absolute atomic E-state index is 12.7. The van der Waals surface area contributed by atoms with E-state index in [-0.39, 0.29) is 30.3 Å². The van der Waals surface area contributed by atoms with Gasteiger partial charge in [-0.1, -0.05) is 6.07 Å². The molecule has 2 aliphatic rings. The van der Waals surface area contributed by atoms with E-state index in [1.54, 1.807) is 4.90 Å². The van der Waals surface area contributed by atoms with Crippen molar-refractivity contribution in [1.82, 2.24) is 4.90 Å². The number of hydrogen-bond donors (Lipinski definition) is 0. The molecular weight excluding hydrogens is 310 g/mol. The van der Waals surface area contributed by atoms with Crippen LogP contribution in [0.4, 0.5) is 0 Å². The van der Waals surface area contributed by atoms with E-state index in [9.17, 15) is 9.59 Å². The van der Waals surface area contributed by atoms with E-state index in [0.29, 0.717) is 25.5 Å². The number of likely N-dealkylation sites (tertiary alicyclic amines) is 1. The number of carbonyl (C=O) groups is 2. The van der Waals surface area contributed by atoms with Gasteiger partial charge in [-0.2, -0.15) is 0 Å². The van der Waals surface area contributed by atoms with Crippen LogP contribution in [0.25, 0.3) is 0 Å². The summed E-state index contributed by atoms with van der Waals surface area (Å²) in [6.07, 6.45) is 1.86. The molecule has 1 amide bonds. The summed E-state index contributed by atoms with van der Waals surface area (Å²) in [5, 5.41) is 0. The molecule has 1 fully saturated rings. The Hall–Kier alpha value is -2.24. The van der Waals surface area contributed by atoms with Gasteiger partial charge in [0, 0.05) is 12.6 Å². The van der Waals surface area contributed by atoms with Crippen molar-refractivity contribution in [3.05, 3.63) is 23.8 Å². The number of rotatable bonds is 3. The number of carbonyl (C=O) groups excluding carboxylic acids is 2. The van der Waals surface area contributed by atoms with Gasteiger partial charge in [0.2, 0.25) is 5.91 Å². The van der Waals surface area contributed by atoms with Gasteiger partial charge in [0.1, 0.15) is 13.2 Å². The molecule has 0 aliphatic carbocycles. The number of fused-ring (bicyclic) bond motifs is 1. The molecule has 0 spiro atoms. The van der Waals surface area contributed by atoms with Gasteiger partial charge in [0.25, 0.3) is 0 Å². The minimum atomic E-state index is -0.237. The quantitative estimate of drug-likeness (QED) is 0.789. The Bertz CT molecular complexity index is 630. The lowest BCUT2D eigenvalue weighted by atomic mass is 9.93. The number of methoxy groups -OCH3 is 1. The molecule has 1 aromatic carbocycles. The van der Waals surface area contributed by atoms with Crippen molar-refractivity contribution < 1.29 is 23.8 Å². The molecule has 2 aliphatic heterocycles. The number of amides is 1. The van der Waals surface area contributed by atoms with Crippen LogP contribution in [0, 0.1) is 5.92 Å². The summed E-state index contributed by atoms with van der Waals surface area (Å²) >= 11 is 0. The second kappa shape index (κ2) is 7.11. The first-order chi connectivity index (χ1) is 11.6. The minimum Gasteiger partial charge on any atom is -0.486 e. The van der Waals surface area contributed by atoms with E-state index in [1.165, 1.54) is 7.11 Å². The van der Waals surface area contributed by atoms with E-state index in [4.69, 9.17) is 14.2 Å². The maximum Gasteiger partial charge on any atom is 0.310 e. The fraction of sp³-hybridized carbons (Fsp3) is 0.556. The number of piperidine rings is 1. The summed E-state index contributed by atoms with van der Waals surface area (Å²) in [6.45, 7) is 3.52. The summed E-state index contributed by atoms with van der Waals surface area (Å²) in [4.78, 5) is 26.3. The van der Waals surface area contributed by atoms with Crippen LogP contribution in [0.3, 0.4) is 0 Å². The molecule has 0 saturated carbocycles. The first-order valence-corrected chi connectivity index (χ1v) is 8.34. The molecule has 0 aromatic heterocycles. The maximum atomic E-state index is 12.7. The largest absolute Gasteiger partial charge is 0.486 e. The Morgan fingerprint density at radius 1 is 1.21 bits per heavy atom. The highest BCUT2D eigenvalue weighted by molar-refractivity contribution is 5.81. The Kier molecular flexibility index (Phi) is 4.92. The number of benzene rings is 1. The molecule has 1 aromatic rings. The second-order valence-electron chi connectivity index (χ2n) is 6.35. The van der Waals surface area contributed by atoms with Gasteiger partial charge >= 0.3 is 5.97 Å². The summed E-state index contributed by atoms with van der Waals surface area (Å²) in [5.74, 6) is 0.961. The summed E-state index contributed by atoms with van der Waals surface area (Å²) in [5.41, 5.74) is 0.886. The summed E-state index contributed by atoms with van der Waals surface area (Å²) in [6, 6.07) is 5.72. The molecule has 130 valence electrons. The third-order valence-corrected chi connectivity index (χ3v) is 4.70. The summed E-state index contributed by atoms with van der Waals surface area (Å²) in [7, 11) is 1.39. The van der Waals surface area contributed by atoms with E-state index < -0.39 is 0 Å². The third-order valence-electron chi connectivity index (χ3n) is 4.70. The molecule has 6 heteroatoms. The van der Waals surface area contributed by atoms with Gasteiger partial charge in [-0.25, -0.2) is 0 Å². The zero-order valence-electron chi connectivity index (χ0n) is 14.1. The molecule has 2 atom stereocenters. The highest BCUT2D eigenvalue weighted by atomic mass is 16.6. The molecule has 0 unspecified atom stereocenters. The van der Waals surface area contributed by atoms with Crippen LogP contribution in [0.15, 0.2) is 18.2 Å². The molecule has 1 saturated heterocycles. The first-order valence-electron chi connectivity index (χ1n) is 8.34. The zero-order chi connectivity index (χ0) is 17.1. The standard InChI is InChI=1S/C18H23NO5/c1-12-3-5-14(18(21)22-2)11-19(12)17(20)10-13-4-6-15-16(9-13)24-8-7-23-15/h4,6,9,12,14H,3,5,7-8,10-11H2,1-2H3/t12-,14+/m0/s1. The Morgan fingerprint density at radius 3 is 2.71 bits per heavy atom. The molecule has 3 rings (SSSR count). The normalized spacial score (nSPS) is 22.8. The van der Waals surface area contributed by atoms with Gasteiger partial charge in [-0.05, 0) is 37.5 Å². The minimum absolute atomic E-state index is 0.0211. The van der Waals surface area contributed by atoms with Crippen LogP contribution in [-0.2, 0) is 20.7 Å². The number of hydrogen-bond acceptors (Lipinski definition) is 5. The molecule has 6 nitrogen and oxygen atoms in total. The fourth-order valence-electron chi connectivity index (χ4n) is 3.29. The van der Waals surface area contributed by atoms with Gasteiger partial charge in [-0.15, -0.1) is 0 Å². The Balaban J connectivity index is 1.68. The predicted octanol–water partition coefficient (Wildman–Crippen LogP) is 1.80. The van der Waals surface area contributed by atoms with E-state index in [2.05, 4.69) is 0 Å². The van der Waals surface area contributed by atoms with Crippen LogP contribution in [-0.4, -0.2) is 49.7 Å². The number of nitrogens with zero attached hydrogens (tertiary/aromatic N) is 1. The molecular formula is C18H23NO5. The third kappa shape index (κ3) is 3.47. The zero-order valence-corrected chi connectivity index (χ0v) is 14.1. The monoisotopic (exact) mass is 333 g/mol. The molecule has 0 bridgehead atoms. The van der Waals surface area contributed by atoms with E-state index in [1.807, 2.05) is 25.1 Å². The van der Waals surface area contributed by atoms with Crippen LogP contribution >= 0.6 is 0 Å². The SMILES string of the molecule is COC(=O)[C@@H]1CC[C@H](C)N(C(=O)Cc2ccc3c(c2)OCCO3)C1. The van der Waals surface area contributed by atoms with Crippen LogP contribution < -0.4 is 9.47 Å². The average molecular weight is 333 g/mol. The van der Waals surface area contributed by atoms with Crippen molar-refractivity contribution in [2.24, 2.45) is 5.92 Å². The number of ether oxygens (including phenoxy) is 3.